The molecule has 0 amide bonds. The fourth-order valence-electron chi connectivity index (χ4n) is 1.22. The minimum Gasteiger partial charge on any atom is -0.293 e. The average molecular weight is 272 g/mol. The molecule has 1 aromatic carbocycles. The summed E-state index contributed by atoms with van der Waals surface area (Å²) in [4.78, 5) is 21.4. The number of nitrogens with zero attached hydrogens (tertiary/aromatic N) is 1. The molecule has 0 aliphatic rings. The zero-order valence-electron chi connectivity index (χ0n) is 8.36. The van der Waals surface area contributed by atoms with Gasteiger partial charge in [-0.05, 0) is 25.5 Å². The Kier molecular flexibility index (Phi) is 3.57. The Morgan fingerprint density at radius 1 is 1.53 bits per heavy atom. The molecule has 1 rings (SSSR count). The highest BCUT2D eigenvalue weighted by Gasteiger charge is 2.22. The summed E-state index contributed by atoms with van der Waals surface area (Å²) in [6.45, 7) is 3.44. The SMILES string of the molecule is Cc1ccc([N+](=O)[O-])c(C(=O)C(C)Br)c1. The largest absolute Gasteiger partial charge is 0.293 e. The maximum atomic E-state index is 11.7. The second-order valence-electron chi connectivity index (χ2n) is 3.26. The predicted octanol–water partition coefficient (Wildman–Crippen LogP) is 2.87. The lowest BCUT2D eigenvalue weighted by molar-refractivity contribution is -0.385. The van der Waals surface area contributed by atoms with Gasteiger partial charge in [0.15, 0.2) is 5.78 Å². The number of carbonyl (C=O) groups is 1. The van der Waals surface area contributed by atoms with E-state index >= 15 is 0 Å². The van der Waals surface area contributed by atoms with Crippen LogP contribution >= 0.6 is 15.9 Å². The van der Waals surface area contributed by atoms with Crippen LogP contribution in [0.4, 0.5) is 5.69 Å². The lowest BCUT2D eigenvalue weighted by atomic mass is 10.0. The molecule has 0 spiro atoms. The Balaban J connectivity index is 3.30. The molecule has 1 atom stereocenters. The van der Waals surface area contributed by atoms with Crippen LogP contribution in [0.3, 0.4) is 0 Å². The quantitative estimate of drug-likeness (QED) is 0.368. The number of carbonyl (C=O) groups excluding carboxylic acids is 1. The van der Waals surface area contributed by atoms with Crippen LogP contribution in [0.2, 0.25) is 0 Å². The number of nitro benzene ring substituents is 1. The van der Waals surface area contributed by atoms with Gasteiger partial charge in [-0.25, -0.2) is 0 Å². The summed E-state index contributed by atoms with van der Waals surface area (Å²) < 4.78 is 0. The molecule has 4 nitrogen and oxygen atoms in total. The average Bonchev–Trinajstić information content (AvgIpc) is 2.15. The Hall–Kier alpha value is -1.23. The van der Waals surface area contributed by atoms with Crippen LogP contribution in [0.25, 0.3) is 0 Å². The van der Waals surface area contributed by atoms with Gasteiger partial charge in [-0.2, -0.15) is 0 Å². The third-order valence-electron chi connectivity index (χ3n) is 1.98. The highest BCUT2D eigenvalue weighted by atomic mass is 79.9. The van der Waals surface area contributed by atoms with E-state index in [9.17, 15) is 14.9 Å². The van der Waals surface area contributed by atoms with Gasteiger partial charge in [0.25, 0.3) is 5.69 Å². The Morgan fingerprint density at radius 2 is 2.13 bits per heavy atom. The first-order chi connectivity index (χ1) is 6.93. The van der Waals surface area contributed by atoms with E-state index in [4.69, 9.17) is 0 Å². The van der Waals surface area contributed by atoms with Crippen LogP contribution in [0.1, 0.15) is 22.8 Å². The van der Waals surface area contributed by atoms with E-state index in [0.29, 0.717) is 0 Å². The Labute approximate surface area is 95.6 Å². The van der Waals surface area contributed by atoms with Crippen molar-refractivity contribution in [1.82, 2.24) is 0 Å². The highest BCUT2D eigenvalue weighted by molar-refractivity contribution is 9.10. The van der Waals surface area contributed by atoms with Crippen molar-refractivity contribution in [2.45, 2.75) is 18.7 Å². The predicted molar refractivity (Wildman–Crippen MR) is 60.6 cm³/mol. The fourth-order valence-corrected chi connectivity index (χ4v) is 1.47. The number of hydrogen-bond acceptors (Lipinski definition) is 3. The van der Waals surface area contributed by atoms with Gasteiger partial charge >= 0.3 is 0 Å². The van der Waals surface area contributed by atoms with E-state index in [2.05, 4.69) is 15.9 Å². The van der Waals surface area contributed by atoms with Crippen molar-refractivity contribution in [3.8, 4) is 0 Å². The van der Waals surface area contributed by atoms with E-state index in [0.717, 1.165) is 5.56 Å². The number of aryl methyl sites for hydroxylation is 1. The van der Waals surface area contributed by atoms with E-state index in [1.54, 1.807) is 19.9 Å². The number of Topliss-reactive ketones (excluding diaryl/α,β-unsaturated/α-hetero) is 1. The maximum Gasteiger partial charge on any atom is 0.280 e. The summed E-state index contributed by atoms with van der Waals surface area (Å²) in [5.74, 6) is -0.273. The molecule has 1 aromatic rings. The van der Waals surface area contributed by atoms with Crippen LogP contribution < -0.4 is 0 Å². The van der Waals surface area contributed by atoms with Crippen molar-refractivity contribution in [3.63, 3.8) is 0 Å². The van der Waals surface area contributed by atoms with E-state index in [1.165, 1.54) is 12.1 Å². The van der Waals surface area contributed by atoms with E-state index in [1.807, 2.05) is 0 Å². The third-order valence-corrected chi connectivity index (χ3v) is 2.39. The van der Waals surface area contributed by atoms with Gasteiger partial charge in [-0.15, -0.1) is 0 Å². The molecule has 0 fully saturated rings. The molecule has 0 heterocycles. The summed E-state index contributed by atoms with van der Waals surface area (Å²) >= 11 is 3.11. The minimum atomic E-state index is -0.540. The van der Waals surface area contributed by atoms with Gasteiger partial charge in [0.1, 0.15) is 0 Å². The summed E-state index contributed by atoms with van der Waals surface area (Å²) in [5.41, 5.74) is 0.846. The maximum absolute atomic E-state index is 11.7. The van der Waals surface area contributed by atoms with Crippen LogP contribution in [0.15, 0.2) is 18.2 Å². The first kappa shape index (κ1) is 11.8. The molecule has 15 heavy (non-hydrogen) atoms. The zero-order chi connectivity index (χ0) is 11.6. The molecule has 0 saturated heterocycles. The van der Waals surface area contributed by atoms with Crippen molar-refractivity contribution in [2.24, 2.45) is 0 Å². The highest BCUT2D eigenvalue weighted by Crippen LogP contribution is 2.22. The van der Waals surface area contributed by atoms with Gasteiger partial charge in [-0.1, -0.05) is 22.0 Å². The first-order valence-electron chi connectivity index (χ1n) is 4.37. The van der Waals surface area contributed by atoms with E-state index < -0.39 is 9.75 Å². The number of hydrogen-bond donors (Lipinski definition) is 0. The summed E-state index contributed by atoms with van der Waals surface area (Å²) in [5, 5.41) is 10.7. The van der Waals surface area contributed by atoms with Crippen molar-refractivity contribution in [3.05, 3.63) is 39.4 Å². The molecule has 0 radical (unpaired) electrons. The number of benzene rings is 1. The van der Waals surface area contributed by atoms with Crippen LogP contribution in [-0.2, 0) is 0 Å². The lowest BCUT2D eigenvalue weighted by Crippen LogP contribution is -2.12. The topological polar surface area (TPSA) is 60.2 Å². The van der Waals surface area contributed by atoms with Crippen LogP contribution in [0, 0.1) is 17.0 Å². The zero-order valence-corrected chi connectivity index (χ0v) is 9.95. The van der Waals surface area contributed by atoms with Crippen molar-refractivity contribution in [2.75, 3.05) is 0 Å². The van der Waals surface area contributed by atoms with Gasteiger partial charge in [-0.3, -0.25) is 14.9 Å². The Bertz CT molecular complexity index is 415. The summed E-state index contributed by atoms with van der Waals surface area (Å²) in [6, 6.07) is 4.52. The van der Waals surface area contributed by atoms with Crippen molar-refractivity contribution in [1.29, 1.82) is 0 Å². The number of rotatable bonds is 3. The van der Waals surface area contributed by atoms with Crippen LogP contribution in [-0.4, -0.2) is 15.5 Å². The second kappa shape index (κ2) is 4.53. The minimum absolute atomic E-state index is 0.142. The van der Waals surface area contributed by atoms with Gasteiger partial charge < -0.3 is 0 Å². The molecular formula is C10H10BrNO3. The lowest BCUT2D eigenvalue weighted by Gasteiger charge is -2.04. The number of nitro groups is 1. The standard InChI is InChI=1S/C10H10BrNO3/c1-6-3-4-9(12(14)15)8(5-6)10(13)7(2)11/h3-5,7H,1-2H3. The normalized spacial score (nSPS) is 12.2. The molecular weight excluding hydrogens is 262 g/mol. The van der Waals surface area contributed by atoms with Gasteiger partial charge in [0.2, 0.25) is 0 Å². The third kappa shape index (κ3) is 2.62. The Morgan fingerprint density at radius 3 is 2.60 bits per heavy atom. The second-order valence-corrected chi connectivity index (χ2v) is 4.63. The molecule has 0 bridgehead atoms. The number of alkyl halides is 1. The monoisotopic (exact) mass is 271 g/mol. The smallest absolute Gasteiger partial charge is 0.280 e. The molecule has 80 valence electrons. The molecule has 0 saturated carbocycles. The van der Waals surface area contributed by atoms with Gasteiger partial charge in [0, 0.05) is 6.07 Å². The fraction of sp³-hybridized carbons (Fsp3) is 0.300. The number of halogens is 1. The molecule has 5 heteroatoms. The van der Waals surface area contributed by atoms with Gasteiger partial charge in [0.05, 0.1) is 15.3 Å². The molecule has 1 unspecified atom stereocenters. The van der Waals surface area contributed by atoms with Crippen molar-refractivity contribution < 1.29 is 9.72 Å². The van der Waals surface area contributed by atoms with Crippen molar-refractivity contribution >= 4 is 27.4 Å². The molecule has 0 aliphatic heterocycles. The number of ketones is 1. The molecule has 0 aromatic heterocycles. The van der Waals surface area contributed by atoms with Crippen LogP contribution in [0.5, 0.6) is 0 Å². The summed E-state index contributed by atoms with van der Waals surface area (Å²) in [7, 11) is 0. The first-order valence-corrected chi connectivity index (χ1v) is 5.28. The summed E-state index contributed by atoms with van der Waals surface area (Å²) in [6.07, 6.45) is 0. The van der Waals surface area contributed by atoms with E-state index in [-0.39, 0.29) is 17.0 Å². The molecule has 0 aliphatic carbocycles. The molecule has 0 N–H and O–H groups in total.